The maximum atomic E-state index is 12.9. The fraction of sp³-hybridized carbons (Fsp3) is 0.440. The van der Waals surface area contributed by atoms with Crippen LogP contribution in [-0.2, 0) is 17.9 Å². The molecule has 0 spiro atoms. The maximum Gasteiger partial charge on any atom is 0.236 e. The van der Waals surface area contributed by atoms with Crippen LogP contribution in [-0.4, -0.2) is 89.4 Å². The number of rotatable bonds is 7. The van der Waals surface area contributed by atoms with Crippen molar-refractivity contribution < 1.29 is 9.21 Å². The van der Waals surface area contributed by atoms with Gasteiger partial charge in [0, 0.05) is 70.8 Å². The van der Waals surface area contributed by atoms with Gasteiger partial charge >= 0.3 is 0 Å². The molecule has 0 radical (unpaired) electrons. The van der Waals surface area contributed by atoms with E-state index in [1.54, 1.807) is 17.6 Å². The Morgan fingerprint density at radius 2 is 1.55 bits per heavy atom. The van der Waals surface area contributed by atoms with Crippen LogP contribution in [0.2, 0.25) is 0 Å². The van der Waals surface area contributed by atoms with Crippen molar-refractivity contribution in [2.24, 2.45) is 0 Å². The molecule has 8 heteroatoms. The average Bonchev–Trinajstić information content (AvgIpc) is 3.54. The zero-order valence-electron chi connectivity index (χ0n) is 18.9. The van der Waals surface area contributed by atoms with E-state index in [4.69, 9.17) is 9.40 Å². The molecule has 1 aromatic carbocycles. The number of hydrogen-bond acceptors (Lipinski definition) is 7. The van der Waals surface area contributed by atoms with Gasteiger partial charge in [0.15, 0.2) is 10.8 Å². The third kappa shape index (κ3) is 5.89. The third-order valence-corrected chi connectivity index (χ3v) is 7.37. The van der Waals surface area contributed by atoms with Crippen LogP contribution < -0.4 is 0 Å². The highest BCUT2D eigenvalue weighted by Crippen LogP contribution is 2.24. The standard InChI is InChI=1S/C25H31N5O2S/c31-24(19-29-10-8-27(9-11-29)17-21-5-2-1-3-6-21)30-14-12-28(13-15-30)18-22-20-33-25(26-22)23-7-4-16-32-23/h1-7,16,20H,8-15,17-19H2. The van der Waals surface area contributed by atoms with Crippen molar-refractivity contribution >= 4 is 17.2 Å². The summed E-state index contributed by atoms with van der Waals surface area (Å²) in [6, 6.07) is 14.4. The zero-order valence-corrected chi connectivity index (χ0v) is 19.8. The van der Waals surface area contributed by atoms with Crippen LogP contribution in [0.25, 0.3) is 10.8 Å². The number of carbonyl (C=O) groups is 1. The van der Waals surface area contributed by atoms with E-state index in [1.807, 2.05) is 17.0 Å². The van der Waals surface area contributed by atoms with E-state index >= 15 is 0 Å². The summed E-state index contributed by atoms with van der Waals surface area (Å²) in [5.74, 6) is 1.09. The normalized spacial score (nSPS) is 18.6. The minimum absolute atomic E-state index is 0.264. The van der Waals surface area contributed by atoms with Crippen LogP contribution in [0.3, 0.4) is 0 Å². The summed E-state index contributed by atoms with van der Waals surface area (Å²) in [5.41, 5.74) is 2.43. The Morgan fingerprint density at radius 3 is 2.27 bits per heavy atom. The molecular weight excluding hydrogens is 434 g/mol. The highest BCUT2D eigenvalue weighted by Gasteiger charge is 2.25. The minimum Gasteiger partial charge on any atom is -0.462 e. The molecule has 2 aliphatic heterocycles. The Labute approximate surface area is 199 Å². The van der Waals surface area contributed by atoms with Gasteiger partial charge in [0.2, 0.25) is 5.91 Å². The van der Waals surface area contributed by atoms with Gasteiger partial charge in [-0.25, -0.2) is 4.98 Å². The topological polar surface area (TPSA) is 56.1 Å². The number of thiazole rings is 1. The Balaban J connectivity index is 1.02. The number of furan rings is 1. The van der Waals surface area contributed by atoms with E-state index in [1.165, 1.54) is 5.56 Å². The molecule has 2 aliphatic rings. The van der Waals surface area contributed by atoms with Gasteiger partial charge in [-0.05, 0) is 17.7 Å². The van der Waals surface area contributed by atoms with E-state index in [-0.39, 0.29) is 5.91 Å². The number of carbonyl (C=O) groups excluding carboxylic acids is 1. The lowest BCUT2D eigenvalue weighted by molar-refractivity contribution is -0.134. The molecular formula is C25H31N5O2S. The predicted molar refractivity (Wildman–Crippen MR) is 130 cm³/mol. The number of aromatic nitrogens is 1. The number of benzene rings is 1. The Bertz CT molecular complexity index is 1010. The molecule has 0 unspecified atom stereocenters. The Morgan fingerprint density at radius 1 is 0.848 bits per heavy atom. The van der Waals surface area contributed by atoms with Crippen molar-refractivity contribution in [3.63, 3.8) is 0 Å². The summed E-state index contributed by atoms with van der Waals surface area (Å²) in [4.78, 5) is 26.8. The van der Waals surface area contributed by atoms with Gasteiger partial charge in [-0.3, -0.25) is 19.5 Å². The van der Waals surface area contributed by atoms with Crippen molar-refractivity contribution in [1.29, 1.82) is 0 Å². The van der Waals surface area contributed by atoms with Crippen molar-refractivity contribution in [1.82, 2.24) is 24.6 Å². The number of amides is 1. The SMILES string of the molecule is O=C(CN1CCN(Cc2ccccc2)CC1)N1CCN(Cc2csc(-c3ccco3)n2)CC1. The maximum absolute atomic E-state index is 12.9. The first-order valence-electron chi connectivity index (χ1n) is 11.7. The lowest BCUT2D eigenvalue weighted by Crippen LogP contribution is -2.53. The predicted octanol–water partition coefficient (Wildman–Crippen LogP) is 2.87. The van der Waals surface area contributed by atoms with Gasteiger partial charge in [-0.2, -0.15) is 0 Å². The molecule has 1 amide bonds. The smallest absolute Gasteiger partial charge is 0.236 e. The van der Waals surface area contributed by atoms with Crippen LogP contribution in [0.5, 0.6) is 0 Å². The number of piperazine rings is 2. The van der Waals surface area contributed by atoms with Crippen molar-refractivity contribution in [2.45, 2.75) is 13.1 Å². The molecule has 7 nitrogen and oxygen atoms in total. The zero-order chi connectivity index (χ0) is 22.5. The quantitative estimate of drug-likeness (QED) is 0.535. The lowest BCUT2D eigenvalue weighted by Gasteiger charge is -2.38. The van der Waals surface area contributed by atoms with E-state index in [0.29, 0.717) is 6.54 Å². The largest absolute Gasteiger partial charge is 0.462 e. The first kappa shape index (κ1) is 22.3. The van der Waals surface area contributed by atoms with Crippen LogP contribution in [0.1, 0.15) is 11.3 Å². The Kier molecular flexibility index (Phi) is 7.16. The van der Waals surface area contributed by atoms with Crippen molar-refractivity contribution in [3.8, 4) is 10.8 Å². The van der Waals surface area contributed by atoms with E-state index in [2.05, 4.69) is 50.4 Å². The molecule has 0 N–H and O–H groups in total. The number of hydrogen-bond donors (Lipinski definition) is 0. The summed E-state index contributed by atoms with van der Waals surface area (Å²) < 4.78 is 5.44. The minimum atomic E-state index is 0.264. The molecule has 4 heterocycles. The molecule has 5 rings (SSSR count). The molecule has 2 saturated heterocycles. The fourth-order valence-corrected chi connectivity index (χ4v) is 5.29. The van der Waals surface area contributed by atoms with Crippen LogP contribution in [0.4, 0.5) is 0 Å². The fourth-order valence-electron chi connectivity index (χ4n) is 4.52. The van der Waals surface area contributed by atoms with Gasteiger partial charge in [0.1, 0.15) is 0 Å². The second-order valence-corrected chi connectivity index (χ2v) is 9.67. The highest BCUT2D eigenvalue weighted by molar-refractivity contribution is 7.13. The monoisotopic (exact) mass is 465 g/mol. The molecule has 0 aliphatic carbocycles. The van der Waals surface area contributed by atoms with Gasteiger partial charge in [0.25, 0.3) is 0 Å². The Hall–Kier alpha value is -2.52. The second kappa shape index (κ2) is 10.6. The van der Waals surface area contributed by atoms with E-state index < -0.39 is 0 Å². The van der Waals surface area contributed by atoms with Crippen LogP contribution in [0.15, 0.2) is 58.5 Å². The molecule has 2 aromatic heterocycles. The number of nitrogens with zero attached hydrogens (tertiary/aromatic N) is 5. The molecule has 0 bridgehead atoms. The molecule has 174 valence electrons. The molecule has 0 atom stereocenters. The van der Waals surface area contributed by atoms with Gasteiger partial charge in [-0.1, -0.05) is 30.3 Å². The molecule has 0 saturated carbocycles. The molecule has 33 heavy (non-hydrogen) atoms. The van der Waals surface area contributed by atoms with Gasteiger partial charge in [-0.15, -0.1) is 11.3 Å². The second-order valence-electron chi connectivity index (χ2n) is 8.82. The van der Waals surface area contributed by atoms with Crippen molar-refractivity contribution in [2.75, 3.05) is 58.9 Å². The van der Waals surface area contributed by atoms with E-state index in [9.17, 15) is 4.79 Å². The summed E-state index contributed by atoms with van der Waals surface area (Å²) in [6.07, 6.45) is 1.68. The average molecular weight is 466 g/mol. The summed E-state index contributed by atoms with van der Waals surface area (Å²) >= 11 is 1.62. The molecule has 2 fully saturated rings. The van der Waals surface area contributed by atoms with Gasteiger partial charge in [0.05, 0.1) is 18.5 Å². The molecule has 3 aromatic rings. The summed E-state index contributed by atoms with van der Waals surface area (Å²) in [7, 11) is 0. The van der Waals surface area contributed by atoms with Crippen LogP contribution in [0, 0.1) is 0 Å². The first-order valence-corrected chi connectivity index (χ1v) is 12.6. The van der Waals surface area contributed by atoms with Gasteiger partial charge < -0.3 is 9.32 Å². The first-order chi connectivity index (χ1) is 16.2. The van der Waals surface area contributed by atoms with Crippen LogP contribution >= 0.6 is 11.3 Å². The highest BCUT2D eigenvalue weighted by atomic mass is 32.1. The summed E-state index contributed by atoms with van der Waals surface area (Å²) in [6.45, 7) is 9.68. The van der Waals surface area contributed by atoms with E-state index in [0.717, 1.165) is 81.9 Å². The van der Waals surface area contributed by atoms with Crippen molar-refractivity contribution in [3.05, 3.63) is 65.4 Å². The lowest BCUT2D eigenvalue weighted by atomic mass is 10.2. The third-order valence-electron chi connectivity index (χ3n) is 6.47. The summed E-state index contributed by atoms with van der Waals surface area (Å²) in [5, 5.41) is 3.03.